The highest BCUT2D eigenvalue weighted by molar-refractivity contribution is 7.14. The molecule has 4 rings (SSSR count). The number of benzene rings is 1. The minimum absolute atomic E-state index is 0.103. The molecule has 0 radical (unpaired) electrons. The smallest absolute Gasteiger partial charge is 0.352 e. The molecule has 0 aliphatic rings. The highest BCUT2D eigenvalue weighted by Gasteiger charge is 2.19. The first-order valence-electron chi connectivity index (χ1n) is 11.0. The maximum atomic E-state index is 12.8. The van der Waals surface area contributed by atoms with Gasteiger partial charge in [0.15, 0.2) is 10.9 Å². The minimum Gasteiger partial charge on any atom is -0.477 e. The third-order valence-corrected chi connectivity index (χ3v) is 6.22. The summed E-state index contributed by atoms with van der Waals surface area (Å²) in [5.41, 5.74) is 9.12. The number of H-pyrrole nitrogens is 1. The van der Waals surface area contributed by atoms with Gasteiger partial charge in [-0.15, -0.1) is 11.3 Å². The minimum atomic E-state index is -1.06. The lowest BCUT2D eigenvalue weighted by Gasteiger charge is -2.04. The Balaban J connectivity index is 1.45. The maximum absolute atomic E-state index is 12.8. The average molecular weight is 493 g/mol. The predicted molar refractivity (Wildman–Crippen MR) is 132 cm³/mol. The molecule has 0 fully saturated rings. The number of carbonyl (C=O) groups is 3. The summed E-state index contributed by atoms with van der Waals surface area (Å²) in [7, 11) is 0. The molecule has 0 aliphatic carbocycles. The number of fused-ring (bicyclic) bond motifs is 1. The van der Waals surface area contributed by atoms with Crippen LogP contribution in [0.1, 0.15) is 61.1 Å². The van der Waals surface area contributed by atoms with Gasteiger partial charge in [-0.1, -0.05) is 0 Å². The summed E-state index contributed by atoms with van der Waals surface area (Å²) in [6, 6.07) is 4.93. The number of Topliss-reactive ketones (excluding diaryl/α,β-unsaturated/α-hetero) is 1. The largest absolute Gasteiger partial charge is 0.477 e. The number of aromatic amines is 1. The standard InChI is InChI=1S/C24H24N6O4S/c1-13-10-27-15(11-26-13)5-7-20(31)19-12-35-24(29-19)30-22(32)14-4-6-18-17(9-14)16(3-2-8-25)21(28-18)23(33)34/h4,6,9-12,28H,2-3,5,7-8,25H2,1H3,(H,33,34)(H,29,30,32). The Morgan fingerprint density at radius 3 is 2.71 bits per heavy atom. The summed E-state index contributed by atoms with van der Waals surface area (Å²) in [5, 5.41) is 14.8. The second kappa shape index (κ2) is 10.5. The van der Waals surface area contributed by atoms with E-state index in [0.29, 0.717) is 53.0 Å². The van der Waals surface area contributed by atoms with Crippen molar-refractivity contribution in [1.29, 1.82) is 0 Å². The summed E-state index contributed by atoms with van der Waals surface area (Å²) in [5.74, 6) is -1.62. The van der Waals surface area contributed by atoms with Gasteiger partial charge in [0.25, 0.3) is 5.91 Å². The first-order chi connectivity index (χ1) is 16.9. The third-order valence-electron chi connectivity index (χ3n) is 5.47. The Hall–Kier alpha value is -3.96. The number of carboxylic acids is 1. The van der Waals surface area contributed by atoms with Crippen LogP contribution in [-0.4, -0.2) is 49.2 Å². The van der Waals surface area contributed by atoms with E-state index in [-0.39, 0.29) is 23.6 Å². The second-order valence-electron chi connectivity index (χ2n) is 8.00. The number of ketones is 1. The van der Waals surface area contributed by atoms with Crippen LogP contribution in [0.2, 0.25) is 0 Å². The summed E-state index contributed by atoms with van der Waals surface area (Å²) in [6.07, 6.45) is 5.09. The van der Waals surface area contributed by atoms with E-state index in [0.717, 1.165) is 22.7 Å². The first-order valence-corrected chi connectivity index (χ1v) is 11.9. The van der Waals surface area contributed by atoms with Crippen molar-refractivity contribution in [3.63, 3.8) is 0 Å². The molecule has 0 unspecified atom stereocenters. The fourth-order valence-corrected chi connectivity index (χ4v) is 4.37. The quantitative estimate of drug-likeness (QED) is 0.245. The fourth-order valence-electron chi connectivity index (χ4n) is 3.66. The lowest BCUT2D eigenvalue weighted by Crippen LogP contribution is -2.12. The number of hydrogen-bond donors (Lipinski definition) is 4. The Labute approximate surface area is 204 Å². The molecular formula is C24H24N6O4S. The SMILES string of the molecule is Cc1cnc(CCC(=O)c2csc(NC(=O)c3ccc4[nH]c(C(=O)O)c(CCCN)c4c3)n2)cn1. The lowest BCUT2D eigenvalue weighted by molar-refractivity contribution is 0.0689. The topological polar surface area (TPSA) is 164 Å². The van der Waals surface area contributed by atoms with Crippen LogP contribution >= 0.6 is 11.3 Å². The van der Waals surface area contributed by atoms with Gasteiger partial charge in [0.2, 0.25) is 0 Å². The lowest BCUT2D eigenvalue weighted by atomic mass is 10.0. The van der Waals surface area contributed by atoms with Crippen LogP contribution < -0.4 is 11.1 Å². The van der Waals surface area contributed by atoms with Gasteiger partial charge in [-0.25, -0.2) is 9.78 Å². The number of aromatic nitrogens is 4. The van der Waals surface area contributed by atoms with Crippen LogP contribution in [0.4, 0.5) is 5.13 Å². The Morgan fingerprint density at radius 1 is 1.17 bits per heavy atom. The van der Waals surface area contributed by atoms with Crippen molar-refractivity contribution in [2.45, 2.75) is 32.6 Å². The number of nitrogens with two attached hydrogens (primary N) is 1. The molecule has 5 N–H and O–H groups in total. The highest BCUT2D eigenvalue weighted by Crippen LogP contribution is 2.26. The maximum Gasteiger partial charge on any atom is 0.352 e. The second-order valence-corrected chi connectivity index (χ2v) is 8.86. The van der Waals surface area contributed by atoms with Crippen LogP contribution in [0.3, 0.4) is 0 Å². The van der Waals surface area contributed by atoms with Gasteiger partial charge in [0.05, 0.1) is 11.4 Å². The van der Waals surface area contributed by atoms with Gasteiger partial charge in [0, 0.05) is 40.7 Å². The van der Waals surface area contributed by atoms with Crippen molar-refractivity contribution < 1.29 is 19.5 Å². The van der Waals surface area contributed by atoms with E-state index in [1.807, 2.05) is 6.92 Å². The summed E-state index contributed by atoms with van der Waals surface area (Å²) in [6.45, 7) is 2.27. The molecule has 0 atom stereocenters. The van der Waals surface area contributed by atoms with E-state index in [9.17, 15) is 19.5 Å². The first kappa shape index (κ1) is 24.2. The molecule has 11 heteroatoms. The molecule has 35 heavy (non-hydrogen) atoms. The Morgan fingerprint density at radius 2 is 2.00 bits per heavy atom. The summed E-state index contributed by atoms with van der Waals surface area (Å²) >= 11 is 1.16. The number of anilines is 1. The zero-order valence-corrected chi connectivity index (χ0v) is 19.8. The van der Waals surface area contributed by atoms with Crippen LogP contribution in [0.5, 0.6) is 0 Å². The number of nitrogens with one attached hydrogen (secondary N) is 2. The van der Waals surface area contributed by atoms with Crippen molar-refractivity contribution in [2.75, 3.05) is 11.9 Å². The molecule has 3 aromatic heterocycles. The van der Waals surface area contributed by atoms with E-state index in [2.05, 4.69) is 25.3 Å². The zero-order valence-electron chi connectivity index (χ0n) is 19.0. The van der Waals surface area contributed by atoms with Crippen molar-refractivity contribution >= 4 is 45.0 Å². The van der Waals surface area contributed by atoms with E-state index >= 15 is 0 Å². The van der Waals surface area contributed by atoms with Crippen molar-refractivity contribution in [3.05, 3.63) is 69.9 Å². The Kier molecular flexibility index (Phi) is 7.28. The number of rotatable bonds is 10. The molecule has 3 heterocycles. The van der Waals surface area contributed by atoms with Gasteiger partial charge in [-0.2, -0.15) is 0 Å². The molecule has 0 saturated carbocycles. The van der Waals surface area contributed by atoms with Gasteiger partial charge in [0.1, 0.15) is 11.4 Å². The van der Waals surface area contributed by atoms with E-state index in [4.69, 9.17) is 5.73 Å². The van der Waals surface area contributed by atoms with E-state index in [1.54, 1.807) is 36.0 Å². The van der Waals surface area contributed by atoms with E-state index < -0.39 is 11.9 Å². The molecule has 10 nitrogen and oxygen atoms in total. The molecule has 1 amide bonds. The summed E-state index contributed by atoms with van der Waals surface area (Å²) in [4.78, 5) is 52.6. The number of amides is 1. The van der Waals surface area contributed by atoms with Gasteiger partial charge in [-0.05, 0) is 56.5 Å². The van der Waals surface area contributed by atoms with Crippen molar-refractivity contribution in [2.24, 2.45) is 5.73 Å². The predicted octanol–water partition coefficient (Wildman–Crippen LogP) is 3.38. The van der Waals surface area contributed by atoms with Crippen LogP contribution in [0.15, 0.2) is 36.0 Å². The average Bonchev–Trinajstić information content (AvgIpc) is 3.46. The molecule has 0 aliphatic heterocycles. The number of carbonyl (C=O) groups excluding carboxylic acids is 2. The number of hydrogen-bond acceptors (Lipinski definition) is 8. The molecule has 0 bridgehead atoms. The van der Waals surface area contributed by atoms with Crippen LogP contribution in [0.25, 0.3) is 10.9 Å². The monoisotopic (exact) mass is 492 g/mol. The number of thiazole rings is 1. The molecule has 0 spiro atoms. The summed E-state index contributed by atoms with van der Waals surface area (Å²) < 4.78 is 0. The number of aryl methyl sites for hydroxylation is 3. The molecular weight excluding hydrogens is 468 g/mol. The van der Waals surface area contributed by atoms with Crippen LogP contribution in [-0.2, 0) is 12.8 Å². The number of nitrogens with zero attached hydrogens (tertiary/aromatic N) is 3. The highest BCUT2D eigenvalue weighted by atomic mass is 32.1. The van der Waals surface area contributed by atoms with Gasteiger partial charge in [-0.3, -0.25) is 24.9 Å². The fraction of sp³-hybridized carbons (Fsp3) is 0.250. The van der Waals surface area contributed by atoms with E-state index in [1.165, 1.54) is 0 Å². The molecule has 4 aromatic rings. The molecule has 1 aromatic carbocycles. The zero-order chi connectivity index (χ0) is 24.9. The van der Waals surface area contributed by atoms with Crippen molar-refractivity contribution in [3.8, 4) is 0 Å². The van der Waals surface area contributed by atoms with Crippen LogP contribution in [0, 0.1) is 6.92 Å². The molecule has 180 valence electrons. The molecule has 0 saturated heterocycles. The third kappa shape index (κ3) is 5.58. The number of carboxylic acid groups (broad SMARTS) is 1. The van der Waals surface area contributed by atoms with Crippen molar-refractivity contribution in [1.82, 2.24) is 19.9 Å². The number of aromatic carboxylic acids is 1. The Bertz CT molecular complexity index is 1390. The van der Waals surface area contributed by atoms with Gasteiger partial charge < -0.3 is 15.8 Å². The normalized spacial score (nSPS) is 11.0. The van der Waals surface area contributed by atoms with Gasteiger partial charge >= 0.3 is 5.97 Å².